The summed E-state index contributed by atoms with van der Waals surface area (Å²) in [7, 11) is 0. The van der Waals surface area contributed by atoms with E-state index in [1.54, 1.807) is 19.9 Å². The van der Waals surface area contributed by atoms with Crippen LogP contribution in [-0.2, 0) is 9.59 Å². The van der Waals surface area contributed by atoms with Gasteiger partial charge in [-0.25, -0.2) is 4.79 Å². The van der Waals surface area contributed by atoms with E-state index in [4.69, 9.17) is 4.42 Å². The van der Waals surface area contributed by atoms with E-state index in [0.717, 1.165) is 12.8 Å². The van der Waals surface area contributed by atoms with Crippen LogP contribution in [0.25, 0.3) is 0 Å². The van der Waals surface area contributed by atoms with Crippen molar-refractivity contribution >= 4 is 23.8 Å². The second-order valence-electron chi connectivity index (χ2n) is 7.11. The van der Waals surface area contributed by atoms with Gasteiger partial charge in [-0.15, -0.1) is 0 Å². The van der Waals surface area contributed by atoms with Gasteiger partial charge in [-0.05, 0) is 39.2 Å². The molecular weight excluding hydrogens is 352 g/mol. The lowest BCUT2D eigenvalue weighted by Gasteiger charge is -2.19. The number of nitrogens with zero attached hydrogens (tertiary/aromatic N) is 1. The van der Waals surface area contributed by atoms with Gasteiger partial charge in [-0.2, -0.15) is 0 Å². The van der Waals surface area contributed by atoms with Crippen LogP contribution in [0.1, 0.15) is 60.4 Å². The summed E-state index contributed by atoms with van der Waals surface area (Å²) in [4.78, 5) is 49.6. The van der Waals surface area contributed by atoms with Crippen molar-refractivity contribution in [1.29, 1.82) is 0 Å². The first-order valence-corrected chi connectivity index (χ1v) is 9.13. The van der Waals surface area contributed by atoms with Crippen molar-refractivity contribution in [3.05, 3.63) is 23.2 Å². The summed E-state index contributed by atoms with van der Waals surface area (Å²) in [5.41, 5.74) is 4.29. The molecule has 5 amide bonds. The summed E-state index contributed by atoms with van der Waals surface area (Å²) >= 11 is 0. The number of urea groups is 1. The van der Waals surface area contributed by atoms with E-state index in [9.17, 15) is 19.2 Å². The minimum atomic E-state index is -0.728. The largest absolute Gasteiger partial charge is 0.466 e. The van der Waals surface area contributed by atoms with Gasteiger partial charge >= 0.3 is 6.03 Å². The lowest BCUT2D eigenvalue weighted by atomic mass is 9.98. The van der Waals surface area contributed by atoms with Crippen LogP contribution in [0.5, 0.6) is 0 Å². The fourth-order valence-electron chi connectivity index (χ4n) is 3.71. The van der Waals surface area contributed by atoms with E-state index in [-0.39, 0.29) is 24.9 Å². The third-order valence-corrected chi connectivity index (χ3v) is 5.09. The first-order chi connectivity index (χ1) is 12.8. The van der Waals surface area contributed by atoms with Gasteiger partial charge in [0.1, 0.15) is 17.1 Å². The van der Waals surface area contributed by atoms with Crippen molar-refractivity contribution in [2.45, 2.75) is 57.9 Å². The number of hydrogen-bond donors (Lipinski definition) is 3. The highest BCUT2D eigenvalue weighted by molar-refractivity contribution is 6.07. The summed E-state index contributed by atoms with van der Waals surface area (Å²) in [6, 6.07) is 1.20. The monoisotopic (exact) mass is 376 g/mol. The molecular formula is C18H24N4O5. The third kappa shape index (κ3) is 3.81. The highest BCUT2D eigenvalue weighted by Gasteiger charge is 2.51. The molecule has 0 unspecified atom stereocenters. The molecule has 27 heavy (non-hydrogen) atoms. The molecule has 1 saturated carbocycles. The van der Waals surface area contributed by atoms with E-state index < -0.39 is 17.4 Å². The van der Waals surface area contributed by atoms with Gasteiger partial charge in [-0.3, -0.25) is 30.1 Å². The zero-order chi connectivity index (χ0) is 19.6. The van der Waals surface area contributed by atoms with E-state index in [1.165, 1.54) is 4.90 Å². The Kier molecular flexibility index (Phi) is 5.20. The molecule has 2 heterocycles. The van der Waals surface area contributed by atoms with Crippen LogP contribution in [0.15, 0.2) is 10.5 Å². The molecule has 1 aromatic rings. The predicted molar refractivity (Wildman–Crippen MR) is 94.5 cm³/mol. The van der Waals surface area contributed by atoms with Crippen LogP contribution in [-0.4, -0.2) is 40.7 Å². The van der Waals surface area contributed by atoms with Crippen LogP contribution in [0.2, 0.25) is 0 Å². The molecule has 0 radical (unpaired) electrons. The number of carbonyl (C=O) groups is 4. The summed E-state index contributed by atoms with van der Waals surface area (Å²) in [6.07, 6.45) is 3.60. The van der Waals surface area contributed by atoms with Crippen molar-refractivity contribution in [2.24, 2.45) is 0 Å². The van der Waals surface area contributed by atoms with Crippen molar-refractivity contribution in [3.63, 3.8) is 0 Å². The van der Waals surface area contributed by atoms with E-state index in [0.29, 0.717) is 36.3 Å². The zero-order valence-electron chi connectivity index (χ0n) is 15.5. The number of hydrogen-bond acceptors (Lipinski definition) is 5. The maximum Gasteiger partial charge on any atom is 0.325 e. The van der Waals surface area contributed by atoms with Crippen LogP contribution in [0.4, 0.5) is 4.79 Å². The topological polar surface area (TPSA) is 121 Å². The van der Waals surface area contributed by atoms with Crippen LogP contribution in [0.3, 0.4) is 0 Å². The standard InChI is InChI=1S/C18H24N4O5/c1-11-10-13(12(2)27-11)15(24)21-20-14(23)6-5-9-22-16(25)18(19-17(22)26)7-3-4-8-18/h10H,3-9H2,1-2H3,(H,19,26)(H,20,23)(H,21,24). The van der Waals surface area contributed by atoms with Crippen molar-refractivity contribution in [1.82, 2.24) is 21.1 Å². The molecule has 146 valence electrons. The smallest absolute Gasteiger partial charge is 0.325 e. The molecule has 9 nitrogen and oxygen atoms in total. The minimum Gasteiger partial charge on any atom is -0.466 e. The minimum absolute atomic E-state index is 0.0771. The Bertz CT molecular complexity index is 779. The molecule has 3 N–H and O–H groups in total. The maximum absolute atomic E-state index is 12.5. The molecule has 0 aromatic carbocycles. The number of aryl methyl sites for hydroxylation is 2. The second-order valence-corrected chi connectivity index (χ2v) is 7.11. The fourth-order valence-corrected chi connectivity index (χ4v) is 3.71. The summed E-state index contributed by atoms with van der Waals surface area (Å²) in [5.74, 6) is 0.0274. The molecule has 0 atom stereocenters. The Balaban J connectivity index is 1.42. The molecule has 9 heteroatoms. The highest BCUT2D eigenvalue weighted by atomic mass is 16.3. The number of hydrazine groups is 1. The van der Waals surface area contributed by atoms with Crippen molar-refractivity contribution < 1.29 is 23.6 Å². The zero-order valence-corrected chi connectivity index (χ0v) is 15.5. The number of furan rings is 1. The van der Waals surface area contributed by atoms with Gasteiger partial charge in [0.25, 0.3) is 11.8 Å². The molecule has 1 aromatic heterocycles. The third-order valence-electron chi connectivity index (χ3n) is 5.09. The first kappa shape index (κ1) is 18.9. The SMILES string of the molecule is Cc1cc(C(=O)NNC(=O)CCCN2C(=O)NC3(CCCC3)C2=O)c(C)o1. The van der Waals surface area contributed by atoms with Gasteiger partial charge in [0, 0.05) is 13.0 Å². The van der Waals surface area contributed by atoms with Gasteiger partial charge < -0.3 is 9.73 Å². The second kappa shape index (κ2) is 7.42. The quantitative estimate of drug-likeness (QED) is 0.528. The molecule has 2 aliphatic rings. The Morgan fingerprint density at radius 1 is 1.22 bits per heavy atom. The van der Waals surface area contributed by atoms with Crippen molar-refractivity contribution in [3.8, 4) is 0 Å². The van der Waals surface area contributed by atoms with Gasteiger partial charge in [-0.1, -0.05) is 12.8 Å². The molecule has 1 aliphatic carbocycles. The average molecular weight is 376 g/mol. The molecule has 2 fully saturated rings. The number of carbonyl (C=O) groups excluding carboxylic acids is 4. The van der Waals surface area contributed by atoms with E-state index >= 15 is 0 Å². The predicted octanol–water partition coefficient (Wildman–Crippen LogP) is 1.30. The first-order valence-electron chi connectivity index (χ1n) is 9.13. The van der Waals surface area contributed by atoms with E-state index in [2.05, 4.69) is 16.2 Å². The molecule has 1 aliphatic heterocycles. The average Bonchev–Trinajstić information content (AvgIpc) is 3.28. The Morgan fingerprint density at radius 3 is 2.56 bits per heavy atom. The van der Waals surface area contributed by atoms with E-state index in [1.807, 2.05) is 0 Å². The summed E-state index contributed by atoms with van der Waals surface area (Å²) < 4.78 is 5.28. The van der Waals surface area contributed by atoms with Gasteiger partial charge in [0.05, 0.1) is 5.56 Å². The maximum atomic E-state index is 12.5. The van der Waals surface area contributed by atoms with Crippen LogP contribution in [0, 0.1) is 13.8 Å². The molecule has 0 bridgehead atoms. The summed E-state index contributed by atoms with van der Waals surface area (Å²) in [6.45, 7) is 3.57. The lowest BCUT2D eigenvalue weighted by molar-refractivity contribution is -0.131. The molecule has 3 rings (SSSR count). The Labute approximate surface area is 156 Å². The Hall–Kier alpha value is -2.84. The fraction of sp³-hybridized carbons (Fsp3) is 0.556. The van der Waals surface area contributed by atoms with Gasteiger partial charge in [0.2, 0.25) is 5.91 Å². The lowest BCUT2D eigenvalue weighted by Crippen LogP contribution is -2.44. The molecule has 1 saturated heterocycles. The number of amides is 5. The normalized spacial score (nSPS) is 18.1. The van der Waals surface area contributed by atoms with Crippen LogP contribution < -0.4 is 16.2 Å². The Morgan fingerprint density at radius 2 is 1.93 bits per heavy atom. The number of rotatable bonds is 5. The van der Waals surface area contributed by atoms with Gasteiger partial charge in [0.15, 0.2) is 0 Å². The van der Waals surface area contributed by atoms with Crippen molar-refractivity contribution in [2.75, 3.05) is 6.54 Å². The summed E-state index contributed by atoms with van der Waals surface area (Å²) in [5, 5.41) is 2.80. The number of imide groups is 1. The van der Waals surface area contributed by atoms with Crippen LogP contribution >= 0.6 is 0 Å². The molecule has 1 spiro atoms. The highest BCUT2D eigenvalue weighted by Crippen LogP contribution is 2.35. The number of nitrogens with one attached hydrogen (secondary N) is 3.